The molecule has 0 saturated heterocycles. The van der Waals surface area contributed by atoms with Gasteiger partial charge in [-0.25, -0.2) is 4.79 Å². The zero-order valence-corrected chi connectivity index (χ0v) is 17.6. The van der Waals surface area contributed by atoms with Gasteiger partial charge in [-0.3, -0.25) is 0 Å². The van der Waals surface area contributed by atoms with Crippen LogP contribution in [0.25, 0.3) is 0 Å². The summed E-state index contributed by atoms with van der Waals surface area (Å²) in [4.78, 5) is 15.2. The number of hydrogen-bond donors (Lipinski definition) is 1. The van der Waals surface area contributed by atoms with Gasteiger partial charge < -0.3 is 19.7 Å². The van der Waals surface area contributed by atoms with Crippen LogP contribution in [0.5, 0.6) is 11.5 Å². The van der Waals surface area contributed by atoms with Crippen LogP contribution in [0.4, 0.5) is 10.5 Å². The van der Waals surface area contributed by atoms with E-state index in [1.807, 2.05) is 41.3 Å². The van der Waals surface area contributed by atoms with Gasteiger partial charge in [0.15, 0.2) is 0 Å². The molecule has 0 spiro atoms. The molecule has 1 aliphatic heterocycles. The van der Waals surface area contributed by atoms with Crippen LogP contribution in [0.3, 0.4) is 0 Å². The molecule has 2 amide bonds. The number of halogens is 1. The van der Waals surface area contributed by atoms with E-state index in [-0.39, 0.29) is 12.1 Å². The molecule has 0 fully saturated rings. The van der Waals surface area contributed by atoms with E-state index >= 15 is 0 Å². The number of carbonyl (C=O) groups is 1. The Morgan fingerprint density at radius 3 is 2.27 bits per heavy atom. The molecular weight excluding hydrogens is 400 g/mol. The van der Waals surface area contributed by atoms with Crippen molar-refractivity contribution in [3.63, 3.8) is 0 Å². The lowest BCUT2D eigenvalue weighted by Crippen LogP contribution is -2.43. The van der Waals surface area contributed by atoms with Crippen molar-refractivity contribution in [1.82, 2.24) is 4.90 Å². The Balaban J connectivity index is 1.70. The van der Waals surface area contributed by atoms with E-state index in [1.165, 1.54) is 5.56 Å². The van der Waals surface area contributed by atoms with E-state index in [0.717, 1.165) is 17.5 Å². The molecule has 30 heavy (non-hydrogen) atoms. The number of urea groups is 1. The summed E-state index contributed by atoms with van der Waals surface area (Å²) in [5.41, 5.74) is 3.84. The lowest BCUT2D eigenvalue weighted by molar-refractivity contribution is 0.194. The third-order valence-electron chi connectivity index (χ3n) is 5.35. The maximum absolute atomic E-state index is 13.4. The first-order valence-corrected chi connectivity index (χ1v) is 10.1. The van der Waals surface area contributed by atoms with Crippen LogP contribution in [-0.4, -0.2) is 31.7 Å². The Hall–Kier alpha value is -3.18. The van der Waals surface area contributed by atoms with E-state index in [4.69, 9.17) is 21.1 Å². The SMILES string of the molecule is COc1cc(NC(=O)N2CCc3ccccc3[C@H]2c2ccccc2Cl)cc(OC)c1. The molecule has 0 aromatic heterocycles. The third kappa shape index (κ3) is 3.94. The second-order valence-corrected chi connectivity index (χ2v) is 7.50. The zero-order chi connectivity index (χ0) is 21.1. The number of hydrogen-bond acceptors (Lipinski definition) is 3. The second-order valence-electron chi connectivity index (χ2n) is 7.10. The molecule has 4 rings (SSSR count). The number of fused-ring (bicyclic) bond motifs is 1. The Labute approximate surface area is 181 Å². The van der Waals surface area contributed by atoms with Crippen LogP contribution in [-0.2, 0) is 6.42 Å². The van der Waals surface area contributed by atoms with Crippen LogP contribution < -0.4 is 14.8 Å². The van der Waals surface area contributed by atoms with Gasteiger partial charge >= 0.3 is 6.03 Å². The van der Waals surface area contributed by atoms with E-state index < -0.39 is 0 Å². The fourth-order valence-electron chi connectivity index (χ4n) is 3.89. The molecule has 3 aromatic rings. The average Bonchev–Trinajstić information content (AvgIpc) is 2.78. The van der Waals surface area contributed by atoms with Gasteiger partial charge in [0.05, 0.1) is 20.3 Å². The average molecular weight is 423 g/mol. The lowest BCUT2D eigenvalue weighted by atomic mass is 9.88. The monoisotopic (exact) mass is 422 g/mol. The number of benzene rings is 3. The van der Waals surface area contributed by atoms with Gasteiger partial charge in [-0.15, -0.1) is 0 Å². The summed E-state index contributed by atoms with van der Waals surface area (Å²) in [7, 11) is 3.16. The lowest BCUT2D eigenvalue weighted by Gasteiger charge is -2.38. The quantitative estimate of drug-likeness (QED) is 0.600. The van der Waals surface area contributed by atoms with Crippen LogP contribution >= 0.6 is 11.6 Å². The van der Waals surface area contributed by atoms with E-state index in [2.05, 4.69) is 17.4 Å². The highest BCUT2D eigenvalue weighted by molar-refractivity contribution is 6.31. The van der Waals surface area contributed by atoms with Gasteiger partial charge in [0.1, 0.15) is 11.5 Å². The number of amides is 2. The highest BCUT2D eigenvalue weighted by Crippen LogP contribution is 2.38. The minimum atomic E-state index is -0.267. The number of carbonyl (C=O) groups excluding carboxylic acids is 1. The van der Waals surface area contributed by atoms with Gasteiger partial charge in [0.2, 0.25) is 0 Å². The molecule has 154 valence electrons. The molecule has 6 heteroatoms. The number of ether oxygens (including phenoxy) is 2. The van der Waals surface area contributed by atoms with E-state index in [9.17, 15) is 4.79 Å². The van der Waals surface area contributed by atoms with Crippen molar-refractivity contribution in [2.24, 2.45) is 0 Å². The maximum Gasteiger partial charge on any atom is 0.322 e. The van der Waals surface area contributed by atoms with Crippen LogP contribution in [0.2, 0.25) is 5.02 Å². The van der Waals surface area contributed by atoms with Crippen molar-refractivity contribution in [2.75, 3.05) is 26.1 Å². The van der Waals surface area contributed by atoms with Gasteiger partial charge in [0, 0.05) is 35.5 Å². The minimum absolute atomic E-state index is 0.204. The highest BCUT2D eigenvalue weighted by atomic mass is 35.5. The largest absolute Gasteiger partial charge is 0.497 e. The molecule has 0 aliphatic carbocycles. The normalized spacial score (nSPS) is 15.3. The summed E-state index contributed by atoms with van der Waals surface area (Å²) in [6.07, 6.45) is 0.784. The van der Waals surface area contributed by atoms with E-state index in [0.29, 0.717) is 28.8 Å². The van der Waals surface area contributed by atoms with Crippen molar-refractivity contribution in [1.29, 1.82) is 0 Å². The molecule has 5 nitrogen and oxygen atoms in total. The maximum atomic E-state index is 13.4. The third-order valence-corrected chi connectivity index (χ3v) is 5.69. The predicted octanol–water partition coefficient (Wildman–Crippen LogP) is 5.54. The fraction of sp³-hybridized carbons (Fsp3) is 0.208. The molecule has 1 heterocycles. The van der Waals surface area contributed by atoms with Crippen molar-refractivity contribution in [3.05, 3.63) is 88.4 Å². The Morgan fingerprint density at radius 1 is 0.967 bits per heavy atom. The van der Waals surface area contributed by atoms with Crippen molar-refractivity contribution >= 4 is 23.3 Å². The second kappa shape index (κ2) is 8.67. The summed E-state index contributed by atoms with van der Waals surface area (Å²) in [5.74, 6) is 1.22. The minimum Gasteiger partial charge on any atom is -0.497 e. The number of anilines is 1. The molecule has 0 bridgehead atoms. The van der Waals surface area contributed by atoms with Crippen LogP contribution in [0, 0.1) is 0 Å². The summed E-state index contributed by atoms with van der Waals surface area (Å²) >= 11 is 6.54. The summed E-state index contributed by atoms with van der Waals surface area (Å²) in [5, 5.41) is 3.63. The Kier molecular flexibility index (Phi) is 5.81. The van der Waals surface area contributed by atoms with Gasteiger partial charge in [-0.05, 0) is 29.2 Å². The summed E-state index contributed by atoms with van der Waals surface area (Å²) in [6, 6.07) is 20.7. The van der Waals surface area contributed by atoms with Crippen LogP contribution in [0.1, 0.15) is 22.7 Å². The molecule has 1 atom stereocenters. The molecule has 0 radical (unpaired) electrons. The topological polar surface area (TPSA) is 50.8 Å². The summed E-state index contributed by atoms with van der Waals surface area (Å²) in [6.45, 7) is 0.583. The van der Waals surface area contributed by atoms with Gasteiger partial charge in [0.25, 0.3) is 0 Å². The number of rotatable bonds is 4. The van der Waals surface area contributed by atoms with Crippen molar-refractivity contribution in [2.45, 2.75) is 12.5 Å². The Bertz CT molecular complexity index is 1050. The fourth-order valence-corrected chi connectivity index (χ4v) is 4.13. The number of nitrogens with one attached hydrogen (secondary N) is 1. The molecule has 1 aliphatic rings. The van der Waals surface area contributed by atoms with Crippen LogP contribution in [0.15, 0.2) is 66.7 Å². The zero-order valence-electron chi connectivity index (χ0n) is 16.9. The molecule has 0 saturated carbocycles. The molecule has 1 N–H and O–H groups in total. The van der Waals surface area contributed by atoms with Gasteiger partial charge in [-0.1, -0.05) is 54.1 Å². The smallest absolute Gasteiger partial charge is 0.322 e. The summed E-state index contributed by atoms with van der Waals surface area (Å²) < 4.78 is 10.6. The standard InChI is InChI=1S/C24H23ClN2O3/c1-29-18-13-17(14-19(15-18)30-2)26-24(28)27-12-11-16-7-3-4-8-20(16)23(27)21-9-5-6-10-22(21)25/h3-10,13-15,23H,11-12H2,1-2H3,(H,26,28)/t23-/m0/s1. The van der Waals surface area contributed by atoms with Crippen molar-refractivity contribution in [3.8, 4) is 11.5 Å². The predicted molar refractivity (Wildman–Crippen MR) is 119 cm³/mol. The molecule has 3 aromatic carbocycles. The molecular formula is C24H23ClN2O3. The molecule has 0 unspecified atom stereocenters. The van der Waals surface area contributed by atoms with Crippen molar-refractivity contribution < 1.29 is 14.3 Å². The first-order chi connectivity index (χ1) is 14.6. The first kappa shape index (κ1) is 20.1. The number of nitrogens with zero attached hydrogens (tertiary/aromatic N) is 1. The van der Waals surface area contributed by atoms with E-state index in [1.54, 1.807) is 32.4 Å². The first-order valence-electron chi connectivity index (χ1n) is 9.73. The van der Waals surface area contributed by atoms with Gasteiger partial charge in [-0.2, -0.15) is 0 Å². The number of methoxy groups -OCH3 is 2. The highest BCUT2D eigenvalue weighted by Gasteiger charge is 2.33. The Morgan fingerprint density at radius 2 is 1.60 bits per heavy atom.